The Balaban J connectivity index is 1.59. The van der Waals surface area contributed by atoms with Crippen molar-refractivity contribution in [2.24, 2.45) is 7.05 Å². The third-order valence-corrected chi connectivity index (χ3v) is 4.57. The van der Waals surface area contributed by atoms with E-state index in [0.717, 1.165) is 44.7 Å². The molecule has 0 atom stereocenters. The van der Waals surface area contributed by atoms with Crippen LogP contribution in [0.5, 0.6) is 0 Å². The molecule has 2 N–H and O–H groups in total. The van der Waals surface area contributed by atoms with Gasteiger partial charge >= 0.3 is 6.01 Å². The maximum absolute atomic E-state index is 5.17. The van der Waals surface area contributed by atoms with E-state index in [1.165, 1.54) is 6.39 Å². The fraction of sp³-hybridized carbons (Fsp3) is 0.105. The van der Waals surface area contributed by atoms with Crippen molar-refractivity contribution in [2.75, 3.05) is 5.32 Å². The van der Waals surface area contributed by atoms with E-state index in [0.29, 0.717) is 6.01 Å². The zero-order valence-corrected chi connectivity index (χ0v) is 15.2. The summed E-state index contributed by atoms with van der Waals surface area (Å²) in [6, 6.07) is 4.43. The number of hydrogen-bond acceptors (Lipinski definition) is 7. The highest BCUT2D eigenvalue weighted by Gasteiger charge is 2.12. The zero-order chi connectivity index (χ0) is 19.1. The topological polar surface area (TPSA) is 110 Å². The van der Waals surface area contributed by atoms with Crippen LogP contribution in [0, 0.1) is 6.92 Å². The standard InChI is InChI=1S/C19H16N8O/c1-11-17(25-19-26-23-10-28-19)4-13(6-20-11)16-8-22-18-15(16)3-12(5-21-18)14-7-24-27(2)9-14/h3-10H,1-2H3,(H,21,22)(H,25,26). The molecule has 5 aromatic rings. The van der Waals surface area contributed by atoms with Crippen molar-refractivity contribution in [3.63, 3.8) is 0 Å². The molecule has 0 fully saturated rings. The van der Waals surface area contributed by atoms with Gasteiger partial charge < -0.3 is 14.7 Å². The molecule has 28 heavy (non-hydrogen) atoms. The van der Waals surface area contributed by atoms with Gasteiger partial charge in [0.1, 0.15) is 5.65 Å². The van der Waals surface area contributed by atoms with Crippen LogP contribution in [-0.4, -0.2) is 34.9 Å². The van der Waals surface area contributed by atoms with Crippen LogP contribution in [-0.2, 0) is 7.05 Å². The van der Waals surface area contributed by atoms with Gasteiger partial charge in [-0.2, -0.15) is 5.10 Å². The normalized spacial score (nSPS) is 11.2. The van der Waals surface area contributed by atoms with E-state index < -0.39 is 0 Å². The molecule has 0 saturated carbocycles. The van der Waals surface area contributed by atoms with Gasteiger partial charge in [-0.3, -0.25) is 9.67 Å². The molecule has 0 aromatic carbocycles. The molecular formula is C19H16N8O. The third-order valence-electron chi connectivity index (χ3n) is 4.57. The Kier molecular flexibility index (Phi) is 3.64. The number of aromatic amines is 1. The molecule has 0 unspecified atom stereocenters. The summed E-state index contributed by atoms with van der Waals surface area (Å²) in [6.45, 7) is 1.92. The van der Waals surface area contributed by atoms with Crippen molar-refractivity contribution in [2.45, 2.75) is 6.92 Å². The largest absolute Gasteiger partial charge is 0.411 e. The van der Waals surface area contributed by atoms with E-state index >= 15 is 0 Å². The van der Waals surface area contributed by atoms with Crippen molar-refractivity contribution in [3.05, 3.63) is 55.2 Å². The minimum Gasteiger partial charge on any atom is -0.411 e. The van der Waals surface area contributed by atoms with E-state index in [9.17, 15) is 0 Å². The Morgan fingerprint density at radius 1 is 1.07 bits per heavy atom. The number of hydrogen-bond donors (Lipinski definition) is 2. The van der Waals surface area contributed by atoms with E-state index in [-0.39, 0.29) is 0 Å². The molecule has 0 spiro atoms. The second-order valence-corrected chi connectivity index (χ2v) is 6.45. The highest BCUT2D eigenvalue weighted by molar-refractivity contribution is 5.96. The second-order valence-electron chi connectivity index (χ2n) is 6.45. The highest BCUT2D eigenvalue weighted by Crippen LogP contribution is 2.32. The minimum atomic E-state index is 0.321. The molecule has 5 aromatic heterocycles. The van der Waals surface area contributed by atoms with Crippen LogP contribution in [0.25, 0.3) is 33.3 Å². The Labute approximate surface area is 159 Å². The molecule has 9 nitrogen and oxygen atoms in total. The van der Waals surface area contributed by atoms with Crippen LogP contribution in [0.1, 0.15) is 5.69 Å². The molecule has 0 radical (unpaired) electrons. The number of fused-ring (bicyclic) bond motifs is 1. The molecule has 9 heteroatoms. The first kappa shape index (κ1) is 16.2. The number of rotatable bonds is 4. The van der Waals surface area contributed by atoms with Crippen LogP contribution >= 0.6 is 0 Å². The Morgan fingerprint density at radius 2 is 1.96 bits per heavy atom. The first-order valence-electron chi connectivity index (χ1n) is 8.64. The van der Waals surface area contributed by atoms with Crippen molar-refractivity contribution < 1.29 is 4.42 Å². The highest BCUT2D eigenvalue weighted by atomic mass is 16.4. The predicted molar refractivity (Wildman–Crippen MR) is 104 cm³/mol. The van der Waals surface area contributed by atoms with E-state index in [4.69, 9.17) is 4.42 Å². The second kappa shape index (κ2) is 6.31. The quantitative estimate of drug-likeness (QED) is 0.497. The average Bonchev–Trinajstić information content (AvgIpc) is 3.44. The smallest absolute Gasteiger partial charge is 0.319 e. The van der Waals surface area contributed by atoms with Gasteiger partial charge in [-0.25, -0.2) is 4.98 Å². The van der Waals surface area contributed by atoms with E-state index in [2.05, 4.69) is 41.6 Å². The lowest BCUT2D eigenvalue weighted by Gasteiger charge is -2.08. The van der Waals surface area contributed by atoms with Gasteiger partial charge in [0.25, 0.3) is 0 Å². The van der Waals surface area contributed by atoms with Crippen molar-refractivity contribution in [1.82, 2.24) is 34.9 Å². The molecule has 5 rings (SSSR count). The maximum Gasteiger partial charge on any atom is 0.319 e. The first-order chi connectivity index (χ1) is 13.7. The van der Waals surface area contributed by atoms with Gasteiger partial charge in [-0.1, -0.05) is 5.10 Å². The van der Waals surface area contributed by atoms with Crippen LogP contribution in [0.2, 0.25) is 0 Å². The van der Waals surface area contributed by atoms with Crippen LogP contribution in [0.15, 0.2) is 53.9 Å². The molecule has 0 aliphatic rings. The lowest BCUT2D eigenvalue weighted by molar-refractivity contribution is 0.571. The van der Waals surface area contributed by atoms with Gasteiger partial charge in [0.15, 0.2) is 0 Å². The SMILES string of the molecule is Cc1ncc(-c2c[nH]c3ncc(-c4cnn(C)c4)cc23)cc1Nc1nnco1. The van der Waals surface area contributed by atoms with Gasteiger partial charge in [0.05, 0.1) is 17.6 Å². The molecule has 0 saturated heterocycles. The number of pyridine rings is 2. The van der Waals surface area contributed by atoms with E-state index in [1.54, 1.807) is 4.68 Å². The summed E-state index contributed by atoms with van der Waals surface area (Å²) in [6.07, 6.45) is 10.7. The molecule has 0 bridgehead atoms. The molecule has 0 aliphatic heterocycles. The fourth-order valence-corrected chi connectivity index (χ4v) is 3.12. The van der Waals surface area contributed by atoms with Crippen molar-refractivity contribution >= 4 is 22.7 Å². The van der Waals surface area contributed by atoms with Crippen LogP contribution in [0.3, 0.4) is 0 Å². The Bertz CT molecular complexity index is 1270. The number of nitrogens with zero attached hydrogens (tertiary/aromatic N) is 6. The van der Waals surface area contributed by atoms with Gasteiger partial charge in [-0.15, -0.1) is 5.10 Å². The molecule has 0 amide bonds. The summed E-state index contributed by atoms with van der Waals surface area (Å²) in [5, 5.41) is 15.9. The summed E-state index contributed by atoms with van der Waals surface area (Å²) in [7, 11) is 1.90. The number of H-pyrrole nitrogens is 1. The van der Waals surface area contributed by atoms with Crippen LogP contribution in [0.4, 0.5) is 11.7 Å². The summed E-state index contributed by atoms with van der Waals surface area (Å²) in [5.74, 6) is 0. The fourth-order valence-electron chi connectivity index (χ4n) is 3.12. The predicted octanol–water partition coefficient (Wildman–Crippen LogP) is 3.46. The number of anilines is 2. The summed E-state index contributed by atoms with van der Waals surface area (Å²) < 4.78 is 6.95. The molecular weight excluding hydrogens is 356 g/mol. The molecule has 5 heterocycles. The summed E-state index contributed by atoms with van der Waals surface area (Å²) in [4.78, 5) is 12.3. The Morgan fingerprint density at radius 3 is 2.75 bits per heavy atom. The summed E-state index contributed by atoms with van der Waals surface area (Å²) >= 11 is 0. The summed E-state index contributed by atoms with van der Waals surface area (Å²) in [5.41, 5.74) is 6.42. The minimum absolute atomic E-state index is 0.321. The monoisotopic (exact) mass is 372 g/mol. The van der Waals surface area contributed by atoms with Gasteiger partial charge in [-0.05, 0) is 19.1 Å². The molecule has 138 valence electrons. The van der Waals surface area contributed by atoms with Crippen molar-refractivity contribution in [1.29, 1.82) is 0 Å². The third kappa shape index (κ3) is 2.78. The van der Waals surface area contributed by atoms with Crippen molar-refractivity contribution in [3.8, 4) is 22.3 Å². The number of aromatic nitrogens is 7. The number of aryl methyl sites for hydroxylation is 2. The average molecular weight is 372 g/mol. The van der Waals surface area contributed by atoms with Crippen LogP contribution < -0.4 is 5.32 Å². The Hall–Kier alpha value is -4.01. The lowest BCUT2D eigenvalue weighted by atomic mass is 10.0. The first-order valence-corrected chi connectivity index (χ1v) is 8.64. The number of nitrogens with one attached hydrogen (secondary N) is 2. The van der Waals surface area contributed by atoms with Gasteiger partial charge in [0.2, 0.25) is 6.39 Å². The molecule has 0 aliphatic carbocycles. The lowest BCUT2D eigenvalue weighted by Crippen LogP contribution is -1.96. The van der Waals surface area contributed by atoms with E-state index in [1.807, 2.05) is 51.0 Å². The van der Waals surface area contributed by atoms with Gasteiger partial charge in [0, 0.05) is 59.5 Å². The zero-order valence-electron chi connectivity index (χ0n) is 15.2. The maximum atomic E-state index is 5.17.